The average Bonchev–Trinajstić information content (AvgIpc) is 2.53. The summed E-state index contributed by atoms with van der Waals surface area (Å²) in [6.07, 6.45) is -3.56. The van der Waals surface area contributed by atoms with E-state index in [2.05, 4.69) is 4.98 Å². The van der Waals surface area contributed by atoms with Crippen LogP contribution in [0, 0.1) is 5.92 Å². The molecule has 2 heterocycles. The van der Waals surface area contributed by atoms with E-state index in [1.807, 2.05) is 24.3 Å². The SMILES string of the molecule is OCc1cc2ccccc2nc1N1CCC[C@H](C(F)(F)F)C1. The fraction of sp³-hybridized carbons (Fsp3) is 0.438. The lowest BCUT2D eigenvalue weighted by Gasteiger charge is -2.35. The molecule has 1 fully saturated rings. The van der Waals surface area contributed by atoms with Gasteiger partial charge in [-0.1, -0.05) is 18.2 Å². The Morgan fingerprint density at radius 1 is 1.27 bits per heavy atom. The van der Waals surface area contributed by atoms with Crippen LogP contribution in [0.4, 0.5) is 19.0 Å². The van der Waals surface area contributed by atoms with Crippen LogP contribution < -0.4 is 4.90 Å². The molecule has 22 heavy (non-hydrogen) atoms. The van der Waals surface area contributed by atoms with Gasteiger partial charge >= 0.3 is 6.18 Å². The minimum atomic E-state index is -4.19. The molecule has 1 aromatic heterocycles. The van der Waals surface area contributed by atoms with Gasteiger partial charge in [-0.3, -0.25) is 0 Å². The molecule has 0 spiro atoms. The van der Waals surface area contributed by atoms with Gasteiger partial charge in [-0.05, 0) is 25.0 Å². The molecule has 2 aromatic rings. The van der Waals surface area contributed by atoms with Crippen molar-refractivity contribution in [1.82, 2.24) is 4.98 Å². The van der Waals surface area contributed by atoms with Crippen molar-refractivity contribution in [3.8, 4) is 0 Å². The van der Waals surface area contributed by atoms with Crippen molar-refractivity contribution in [3.63, 3.8) is 0 Å². The third-order valence-corrected chi connectivity index (χ3v) is 4.13. The Morgan fingerprint density at radius 3 is 2.77 bits per heavy atom. The maximum absolute atomic E-state index is 13.0. The fourth-order valence-electron chi connectivity index (χ4n) is 2.98. The van der Waals surface area contributed by atoms with Crippen LogP contribution in [0.2, 0.25) is 0 Å². The van der Waals surface area contributed by atoms with E-state index < -0.39 is 12.1 Å². The first-order valence-corrected chi connectivity index (χ1v) is 7.30. The molecule has 1 atom stereocenters. The monoisotopic (exact) mass is 310 g/mol. The lowest BCUT2D eigenvalue weighted by Crippen LogP contribution is -2.42. The van der Waals surface area contributed by atoms with Gasteiger partial charge in [0, 0.05) is 24.0 Å². The summed E-state index contributed by atoms with van der Waals surface area (Å²) < 4.78 is 38.9. The highest BCUT2D eigenvalue weighted by molar-refractivity contribution is 5.81. The van der Waals surface area contributed by atoms with Crippen LogP contribution in [-0.2, 0) is 6.61 Å². The van der Waals surface area contributed by atoms with Crippen molar-refractivity contribution in [2.24, 2.45) is 5.92 Å². The van der Waals surface area contributed by atoms with E-state index in [1.165, 1.54) is 0 Å². The number of piperidine rings is 1. The van der Waals surface area contributed by atoms with Crippen molar-refractivity contribution in [2.45, 2.75) is 25.6 Å². The number of hydrogen-bond acceptors (Lipinski definition) is 3. The molecule has 0 saturated carbocycles. The van der Waals surface area contributed by atoms with Gasteiger partial charge < -0.3 is 10.0 Å². The number of pyridine rings is 1. The molecule has 0 aliphatic carbocycles. The summed E-state index contributed by atoms with van der Waals surface area (Å²) >= 11 is 0. The first-order valence-electron chi connectivity index (χ1n) is 7.30. The highest BCUT2D eigenvalue weighted by Crippen LogP contribution is 2.35. The summed E-state index contributed by atoms with van der Waals surface area (Å²) in [5.41, 5.74) is 1.30. The number of anilines is 1. The number of para-hydroxylation sites is 1. The van der Waals surface area contributed by atoms with Crippen LogP contribution in [-0.4, -0.2) is 29.4 Å². The molecule has 6 heteroatoms. The number of rotatable bonds is 2. The number of halogens is 3. The summed E-state index contributed by atoms with van der Waals surface area (Å²) in [5.74, 6) is -0.865. The summed E-state index contributed by atoms with van der Waals surface area (Å²) in [7, 11) is 0. The zero-order valence-corrected chi connectivity index (χ0v) is 12.0. The highest BCUT2D eigenvalue weighted by Gasteiger charge is 2.42. The summed E-state index contributed by atoms with van der Waals surface area (Å²) in [6.45, 7) is 0.202. The second kappa shape index (κ2) is 5.76. The van der Waals surface area contributed by atoms with Crippen LogP contribution in [0.15, 0.2) is 30.3 Å². The van der Waals surface area contributed by atoms with Crippen molar-refractivity contribution in [3.05, 3.63) is 35.9 Å². The predicted molar refractivity (Wildman–Crippen MR) is 78.7 cm³/mol. The van der Waals surface area contributed by atoms with Gasteiger partial charge in [0.05, 0.1) is 18.0 Å². The molecule has 1 aliphatic heterocycles. The van der Waals surface area contributed by atoms with Crippen LogP contribution in [0.3, 0.4) is 0 Å². The molecule has 1 saturated heterocycles. The minimum absolute atomic E-state index is 0.0954. The van der Waals surface area contributed by atoms with Gasteiger partial charge in [0.15, 0.2) is 0 Å². The number of alkyl halides is 3. The molecule has 1 aromatic carbocycles. The lowest BCUT2D eigenvalue weighted by molar-refractivity contribution is -0.176. The Hall–Kier alpha value is -1.82. The molecule has 1 aliphatic rings. The Balaban J connectivity index is 1.97. The van der Waals surface area contributed by atoms with Crippen molar-refractivity contribution >= 4 is 16.7 Å². The zero-order valence-electron chi connectivity index (χ0n) is 12.0. The van der Waals surface area contributed by atoms with E-state index in [0.717, 1.165) is 10.9 Å². The lowest BCUT2D eigenvalue weighted by atomic mass is 9.97. The average molecular weight is 310 g/mol. The number of benzene rings is 1. The Morgan fingerprint density at radius 2 is 2.05 bits per heavy atom. The van der Waals surface area contributed by atoms with Crippen LogP contribution >= 0.6 is 0 Å². The fourth-order valence-corrected chi connectivity index (χ4v) is 2.98. The highest BCUT2D eigenvalue weighted by atomic mass is 19.4. The smallest absolute Gasteiger partial charge is 0.392 e. The van der Waals surface area contributed by atoms with E-state index in [0.29, 0.717) is 24.3 Å². The third kappa shape index (κ3) is 2.88. The molecule has 0 amide bonds. The number of nitrogens with zero attached hydrogens (tertiary/aromatic N) is 2. The summed E-state index contributed by atoms with van der Waals surface area (Å²) in [4.78, 5) is 6.14. The number of hydrogen-bond donors (Lipinski definition) is 1. The Bertz CT molecular complexity index is 672. The maximum Gasteiger partial charge on any atom is 0.393 e. The third-order valence-electron chi connectivity index (χ3n) is 4.13. The first-order chi connectivity index (χ1) is 10.5. The van der Waals surface area contributed by atoms with E-state index in [9.17, 15) is 18.3 Å². The molecule has 3 nitrogen and oxygen atoms in total. The van der Waals surface area contributed by atoms with Gasteiger partial charge in [0.2, 0.25) is 0 Å². The summed E-state index contributed by atoms with van der Waals surface area (Å²) in [6, 6.07) is 9.21. The standard InChI is InChI=1S/C16H17F3N2O/c17-16(18,19)13-5-3-7-21(9-13)15-12(10-22)8-11-4-1-2-6-14(11)20-15/h1-2,4,6,8,13,22H,3,5,7,9-10H2/t13-/m0/s1. The second-order valence-corrected chi connectivity index (χ2v) is 5.65. The number of aliphatic hydroxyl groups is 1. The maximum atomic E-state index is 13.0. The predicted octanol–water partition coefficient (Wildman–Crippen LogP) is 3.51. The van der Waals surface area contributed by atoms with Crippen LogP contribution in [0.1, 0.15) is 18.4 Å². The van der Waals surface area contributed by atoms with Crippen molar-refractivity contribution < 1.29 is 18.3 Å². The molecule has 118 valence electrons. The normalized spacial score (nSPS) is 19.6. The summed E-state index contributed by atoms with van der Waals surface area (Å²) in [5, 5.41) is 10.4. The van der Waals surface area contributed by atoms with E-state index in [4.69, 9.17) is 0 Å². The zero-order chi connectivity index (χ0) is 15.7. The molecular weight excluding hydrogens is 293 g/mol. The second-order valence-electron chi connectivity index (χ2n) is 5.65. The number of aromatic nitrogens is 1. The number of fused-ring (bicyclic) bond motifs is 1. The van der Waals surface area contributed by atoms with Gasteiger partial charge in [-0.15, -0.1) is 0 Å². The topological polar surface area (TPSA) is 36.4 Å². The molecule has 0 radical (unpaired) electrons. The van der Waals surface area contributed by atoms with E-state index in [1.54, 1.807) is 11.0 Å². The van der Waals surface area contributed by atoms with E-state index in [-0.39, 0.29) is 19.6 Å². The van der Waals surface area contributed by atoms with Gasteiger partial charge in [-0.25, -0.2) is 4.98 Å². The Labute approximate surface area is 126 Å². The van der Waals surface area contributed by atoms with Crippen molar-refractivity contribution in [2.75, 3.05) is 18.0 Å². The quantitative estimate of drug-likeness (QED) is 0.922. The number of aliphatic hydroxyl groups excluding tert-OH is 1. The Kier molecular flexibility index (Phi) is 3.95. The van der Waals surface area contributed by atoms with Gasteiger partial charge in [-0.2, -0.15) is 13.2 Å². The molecule has 0 bridgehead atoms. The molecule has 1 N–H and O–H groups in total. The van der Waals surface area contributed by atoms with Gasteiger partial charge in [0.1, 0.15) is 5.82 Å². The first kappa shape index (κ1) is 15.1. The van der Waals surface area contributed by atoms with E-state index >= 15 is 0 Å². The minimum Gasteiger partial charge on any atom is -0.392 e. The molecule has 3 rings (SSSR count). The van der Waals surface area contributed by atoms with Crippen molar-refractivity contribution in [1.29, 1.82) is 0 Å². The molecule has 0 unspecified atom stereocenters. The largest absolute Gasteiger partial charge is 0.393 e. The van der Waals surface area contributed by atoms with Crippen LogP contribution in [0.25, 0.3) is 10.9 Å². The molecular formula is C16H17F3N2O. The van der Waals surface area contributed by atoms with Crippen LogP contribution in [0.5, 0.6) is 0 Å². The van der Waals surface area contributed by atoms with Gasteiger partial charge in [0.25, 0.3) is 0 Å².